The molecule has 0 unspecified atom stereocenters. The maximum Gasteiger partial charge on any atom is 0.227 e. The zero-order valence-corrected chi connectivity index (χ0v) is 12.6. The van der Waals surface area contributed by atoms with Crippen LogP contribution in [0.3, 0.4) is 0 Å². The molecule has 3 aromatic rings. The van der Waals surface area contributed by atoms with Gasteiger partial charge in [0.1, 0.15) is 0 Å². The Bertz CT molecular complexity index is 816. The molecule has 0 amide bonds. The number of nitrogens with one attached hydrogen (secondary N) is 1. The Kier molecular flexibility index (Phi) is 3.52. The summed E-state index contributed by atoms with van der Waals surface area (Å²) in [5.41, 5.74) is 5.31. The highest BCUT2D eigenvalue weighted by Crippen LogP contribution is 2.33. The van der Waals surface area contributed by atoms with Crippen molar-refractivity contribution in [2.75, 3.05) is 5.32 Å². The smallest absolute Gasteiger partial charge is 0.227 e. The number of nitrogens with zero attached hydrogens (tertiary/aromatic N) is 2. The lowest BCUT2D eigenvalue weighted by atomic mass is 10.0. The fourth-order valence-electron chi connectivity index (χ4n) is 2.97. The number of aromatic nitrogens is 2. The first-order chi connectivity index (χ1) is 11.3. The number of aliphatic hydroxyl groups excluding tert-OH is 1. The van der Waals surface area contributed by atoms with E-state index in [1.165, 1.54) is 5.56 Å². The van der Waals surface area contributed by atoms with Crippen molar-refractivity contribution in [2.45, 2.75) is 18.9 Å². The number of para-hydroxylation sites is 1. The molecule has 1 aromatic heterocycles. The van der Waals surface area contributed by atoms with E-state index in [0.717, 1.165) is 35.2 Å². The summed E-state index contributed by atoms with van der Waals surface area (Å²) in [7, 11) is 0. The van der Waals surface area contributed by atoms with E-state index in [2.05, 4.69) is 21.4 Å². The minimum Gasteiger partial charge on any atom is -0.388 e. The standard InChI is InChI=1S/C19H17N3O/c23-18-9-7-14-10-13(6-8-17(14)18)15-11-20-19(21-12-15)22-16-4-2-1-3-5-16/h1-6,8,10-12,18,23H,7,9H2,(H,20,21,22)/t18-/m0/s1. The van der Waals surface area contributed by atoms with Crippen LogP contribution < -0.4 is 5.32 Å². The van der Waals surface area contributed by atoms with Gasteiger partial charge >= 0.3 is 0 Å². The summed E-state index contributed by atoms with van der Waals surface area (Å²) in [6, 6.07) is 16.0. The summed E-state index contributed by atoms with van der Waals surface area (Å²) in [4.78, 5) is 8.77. The normalized spacial score (nSPS) is 16.1. The predicted molar refractivity (Wildman–Crippen MR) is 90.5 cm³/mol. The second-order valence-electron chi connectivity index (χ2n) is 5.75. The van der Waals surface area contributed by atoms with Gasteiger partial charge in [0.25, 0.3) is 0 Å². The van der Waals surface area contributed by atoms with E-state index >= 15 is 0 Å². The van der Waals surface area contributed by atoms with Gasteiger partial charge in [0.15, 0.2) is 0 Å². The molecule has 4 heteroatoms. The topological polar surface area (TPSA) is 58.0 Å². The van der Waals surface area contributed by atoms with Crippen molar-refractivity contribution < 1.29 is 5.11 Å². The van der Waals surface area contributed by atoms with Crippen LogP contribution in [0, 0.1) is 0 Å². The molecule has 2 aromatic carbocycles. The molecule has 1 aliphatic carbocycles. The van der Waals surface area contributed by atoms with Crippen LogP contribution in [0.4, 0.5) is 11.6 Å². The van der Waals surface area contributed by atoms with Crippen LogP contribution in [0.15, 0.2) is 60.9 Å². The average Bonchev–Trinajstić information content (AvgIpc) is 2.97. The van der Waals surface area contributed by atoms with Gasteiger partial charge in [-0.15, -0.1) is 0 Å². The van der Waals surface area contributed by atoms with E-state index in [4.69, 9.17) is 0 Å². The molecule has 23 heavy (non-hydrogen) atoms. The van der Waals surface area contributed by atoms with Crippen LogP contribution in [0.5, 0.6) is 0 Å². The summed E-state index contributed by atoms with van der Waals surface area (Å²) in [5.74, 6) is 0.580. The van der Waals surface area contributed by atoms with Crippen molar-refractivity contribution in [1.82, 2.24) is 9.97 Å². The molecule has 4 rings (SSSR count). The van der Waals surface area contributed by atoms with Crippen molar-refractivity contribution in [3.63, 3.8) is 0 Å². The molecule has 0 radical (unpaired) electrons. The monoisotopic (exact) mass is 303 g/mol. The third-order valence-corrected chi connectivity index (χ3v) is 4.20. The van der Waals surface area contributed by atoms with Gasteiger partial charge in [0, 0.05) is 23.6 Å². The zero-order valence-electron chi connectivity index (χ0n) is 12.6. The van der Waals surface area contributed by atoms with E-state index < -0.39 is 0 Å². The molecule has 0 spiro atoms. The van der Waals surface area contributed by atoms with Crippen molar-refractivity contribution >= 4 is 11.6 Å². The summed E-state index contributed by atoms with van der Waals surface area (Å²) in [6.45, 7) is 0. The fraction of sp³-hybridized carbons (Fsp3) is 0.158. The van der Waals surface area contributed by atoms with Gasteiger partial charge in [0.2, 0.25) is 5.95 Å². The minimum atomic E-state index is -0.312. The van der Waals surface area contributed by atoms with Crippen LogP contribution in [0.2, 0.25) is 0 Å². The molecule has 1 atom stereocenters. The summed E-state index contributed by atoms with van der Waals surface area (Å²) >= 11 is 0. The average molecular weight is 303 g/mol. The van der Waals surface area contributed by atoms with E-state index in [-0.39, 0.29) is 6.10 Å². The summed E-state index contributed by atoms with van der Waals surface area (Å²) in [6.07, 6.45) is 5.08. The third-order valence-electron chi connectivity index (χ3n) is 4.20. The Labute approximate surface area is 134 Å². The number of fused-ring (bicyclic) bond motifs is 1. The SMILES string of the molecule is O[C@H]1CCc2cc(-c3cnc(Nc4ccccc4)nc3)ccc21. The minimum absolute atomic E-state index is 0.312. The maximum atomic E-state index is 9.89. The second kappa shape index (κ2) is 5.82. The Morgan fingerprint density at radius 2 is 1.74 bits per heavy atom. The Hall–Kier alpha value is -2.72. The number of anilines is 2. The van der Waals surface area contributed by atoms with Crippen molar-refractivity contribution in [3.05, 3.63) is 72.1 Å². The number of hydrogen-bond acceptors (Lipinski definition) is 4. The highest BCUT2D eigenvalue weighted by atomic mass is 16.3. The van der Waals surface area contributed by atoms with Crippen LogP contribution in [-0.2, 0) is 6.42 Å². The first-order valence-electron chi connectivity index (χ1n) is 7.75. The van der Waals surface area contributed by atoms with E-state index in [0.29, 0.717) is 5.95 Å². The predicted octanol–water partition coefficient (Wildman–Crippen LogP) is 3.87. The Morgan fingerprint density at radius 1 is 0.957 bits per heavy atom. The van der Waals surface area contributed by atoms with E-state index in [1.807, 2.05) is 54.9 Å². The van der Waals surface area contributed by atoms with Gasteiger partial charge in [-0.1, -0.05) is 36.4 Å². The molecule has 114 valence electrons. The number of aryl methyl sites for hydroxylation is 1. The van der Waals surface area contributed by atoms with Crippen LogP contribution in [0.1, 0.15) is 23.7 Å². The fourth-order valence-corrected chi connectivity index (χ4v) is 2.97. The van der Waals surface area contributed by atoms with Crippen LogP contribution in [0.25, 0.3) is 11.1 Å². The quantitative estimate of drug-likeness (QED) is 0.771. The molecule has 0 saturated carbocycles. The van der Waals surface area contributed by atoms with Gasteiger partial charge in [-0.25, -0.2) is 9.97 Å². The molecule has 0 saturated heterocycles. The third kappa shape index (κ3) is 2.81. The lowest BCUT2D eigenvalue weighted by molar-refractivity contribution is 0.180. The molecule has 0 aliphatic heterocycles. The van der Waals surface area contributed by atoms with E-state index in [1.54, 1.807) is 0 Å². The Balaban J connectivity index is 1.57. The van der Waals surface area contributed by atoms with Gasteiger partial charge in [-0.05, 0) is 41.7 Å². The largest absolute Gasteiger partial charge is 0.388 e. The van der Waals surface area contributed by atoms with Gasteiger partial charge in [-0.3, -0.25) is 0 Å². The molecule has 2 N–H and O–H groups in total. The molecule has 0 bridgehead atoms. The molecule has 0 fully saturated rings. The zero-order chi connectivity index (χ0) is 15.6. The molecular formula is C19H17N3O. The first kappa shape index (κ1) is 13.9. The molecule has 4 nitrogen and oxygen atoms in total. The number of benzene rings is 2. The first-order valence-corrected chi connectivity index (χ1v) is 7.75. The number of hydrogen-bond donors (Lipinski definition) is 2. The highest BCUT2D eigenvalue weighted by molar-refractivity contribution is 5.65. The van der Waals surface area contributed by atoms with Crippen molar-refractivity contribution in [1.29, 1.82) is 0 Å². The van der Waals surface area contributed by atoms with Crippen LogP contribution in [-0.4, -0.2) is 15.1 Å². The molecule has 1 heterocycles. The lowest BCUT2D eigenvalue weighted by Gasteiger charge is -2.08. The van der Waals surface area contributed by atoms with Gasteiger partial charge in [-0.2, -0.15) is 0 Å². The second-order valence-corrected chi connectivity index (χ2v) is 5.75. The van der Waals surface area contributed by atoms with Crippen molar-refractivity contribution in [3.8, 4) is 11.1 Å². The Morgan fingerprint density at radius 3 is 2.52 bits per heavy atom. The van der Waals surface area contributed by atoms with Crippen LogP contribution >= 0.6 is 0 Å². The molecular weight excluding hydrogens is 286 g/mol. The van der Waals surface area contributed by atoms with Gasteiger partial charge < -0.3 is 10.4 Å². The molecule has 1 aliphatic rings. The summed E-state index contributed by atoms with van der Waals surface area (Å²) < 4.78 is 0. The number of rotatable bonds is 3. The maximum absolute atomic E-state index is 9.89. The highest BCUT2D eigenvalue weighted by Gasteiger charge is 2.20. The number of aliphatic hydroxyl groups is 1. The lowest BCUT2D eigenvalue weighted by Crippen LogP contribution is -1.96. The van der Waals surface area contributed by atoms with Crippen molar-refractivity contribution in [2.24, 2.45) is 0 Å². The summed E-state index contributed by atoms with van der Waals surface area (Å²) in [5, 5.41) is 13.1. The van der Waals surface area contributed by atoms with E-state index in [9.17, 15) is 5.11 Å². The van der Waals surface area contributed by atoms with Gasteiger partial charge in [0.05, 0.1) is 6.10 Å².